The number of fused-ring (bicyclic) bond motifs is 3. The van der Waals surface area contributed by atoms with E-state index in [4.69, 9.17) is 0 Å². The van der Waals surface area contributed by atoms with Gasteiger partial charge in [-0.2, -0.15) is 0 Å². The third-order valence-corrected chi connectivity index (χ3v) is 6.61. The van der Waals surface area contributed by atoms with Gasteiger partial charge in [0, 0.05) is 17.3 Å². The van der Waals surface area contributed by atoms with Crippen molar-refractivity contribution in [2.75, 3.05) is 5.32 Å². The van der Waals surface area contributed by atoms with Crippen LogP contribution in [0.3, 0.4) is 0 Å². The fourth-order valence-corrected chi connectivity index (χ4v) is 5.32. The summed E-state index contributed by atoms with van der Waals surface area (Å²) in [5.74, 6) is 1.55. The van der Waals surface area contributed by atoms with Crippen LogP contribution in [0.2, 0.25) is 0 Å². The summed E-state index contributed by atoms with van der Waals surface area (Å²) in [5, 5.41) is 5.89. The average molecular weight is 383 g/mol. The number of hydrogen-bond acceptors (Lipinski definition) is 3. The minimum Gasteiger partial charge on any atom is -0.335 e. The highest BCUT2D eigenvalue weighted by Gasteiger charge is 2.43. The molecule has 4 amide bonds. The first kappa shape index (κ1) is 19.0. The quantitative estimate of drug-likeness (QED) is 0.774. The number of anilines is 1. The van der Waals surface area contributed by atoms with Crippen LogP contribution in [0.5, 0.6) is 0 Å². The Balaban J connectivity index is 1.43. The third-order valence-electron chi connectivity index (χ3n) is 6.61. The van der Waals surface area contributed by atoms with Crippen molar-refractivity contribution in [2.24, 2.45) is 17.8 Å². The van der Waals surface area contributed by atoms with Crippen molar-refractivity contribution in [3.63, 3.8) is 0 Å². The molecule has 0 aromatic heterocycles. The highest BCUT2D eigenvalue weighted by Crippen LogP contribution is 2.49. The van der Waals surface area contributed by atoms with Crippen LogP contribution in [0.25, 0.3) is 0 Å². The van der Waals surface area contributed by atoms with Crippen molar-refractivity contribution in [3.8, 4) is 0 Å². The molecule has 3 aliphatic rings. The molecule has 1 heterocycles. The van der Waals surface area contributed by atoms with Crippen molar-refractivity contribution in [2.45, 2.75) is 65.0 Å². The van der Waals surface area contributed by atoms with Crippen molar-refractivity contribution in [1.82, 2.24) is 10.2 Å². The van der Waals surface area contributed by atoms with Gasteiger partial charge in [-0.05, 0) is 82.9 Å². The number of rotatable bonds is 3. The summed E-state index contributed by atoms with van der Waals surface area (Å²) in [6, 6.07) is 4.76. The van der Waals surface area contributed by atoms with Gasteiger partial charge >= 0.3 is 6.03 Å². The first-order chi connectivity index (χ1) is 13.1. The van der Waals surface area contributed by atoms with Crippen LogP contribution >= 0.6 is 0 Å². The van der Waals surface area contributed by atoms with Gasteiger partial charge in [-0.15, -0.1) is 0 Å². The number of nitrogens with zero attached hydrogens (tertiary/aromatic N) is 1. The van der Waals surface area contributed by atoms with Crippen LogP contribution in [0.15, 0.2) is 18.2 Å². The maximum absolute atomic E-state index is 12.7. The average Bonchev–Trinajstić information content (AvgIpc) is 3.28. The normalized spacial score (nSPS) is 27.1. The van der Waals surface area contributed by atoms with Crippen LogP contribution in [0.4, 0.5) is 10.5 Å². The zero-order valence-electron chi connectivity index (χ0n) is 17.0. The second-order valence-corrected chi connectivity index (χ2v) is 9.60. The second kappa shape index (κ2) is 6.61. The van der Waals surface area contributed by atoms with E-state index in [0.717, 1.165) is 11.8 Å². The minimum absolute atomic E-state index is 0.129. The first-order valence-corrected chi connectivity index (χ1v) is 10.3. The van der Waals surface area contributed by atoms with Gasteiger partial charge in [-0.3, -0.25) is 14.5 Å². The summed E-state index contributed by atoms with van der Waals surface area (Å²) < 4.78 is 0. The maximum Gasteiger partial charge on any atom is 0.319 e. The third kappa shape index (κ3) is 3.19. The second-order valence-electron chi connectivity index (χ2n) is 9.60. The van der Waals surface area contributed by atoms with Gasteiger partial charge in [0.1, 0.15) is 0 Å². The zero-order chi connectivity index (χ0) is 20.2. The van der Waals surface area contributed by atoms with E-state index in [1.165, 1.54) is 30.6 Å². The molecule has 1 aliphatic heterocycles. The predicted octanol–water partition coefficient (Wildman–Crippen LogP) is 4.03. The van der Waals surface area contributed by atoms with Crippen LogP contribution < -0.4 is 10.6 Å². The van der Waals surface area contributed by atoms with Gasteiger partial charge in [0.25, 0.3) is 11.8 Å². The van der Waals surface area contributed by atoms with E-state index in [2.05, 4.69) is 17.6 Å². The lowest BCUT2D eigenvalue weighted by Gasteiger charge is -2.29. The molecule has 28 heavy (non-hydrogen) atoms. The van der Waals surface area contributed by atoms with E-state index in [0.29, 0.717) is 22.7 Å². The summed E-state index contributed by atoms with van der Waals surface area (Å²) >= 11 is 0. The number of carbonyl (C=O) groups excluding carboxylic acids is 3. The Kier molecular flexibility index (Phi) is 4.47. The molecule has 2 aliphatic carbocycles. The van der Waals surface area contributed by atoms with Gasteiger partial charge < -0.3 is 10.6 Å². The Labute approximate surface area is 166 Å². The summed E-state index contributed by atoms with van der Waals surface area (Å²) in [4.78, 5) is 39.0. The summed E-state index contributed by atoms with van der Waals surface area (Å²) in [7, 11) is 0. The molecule has 2 bridgehead atoms. The molecular formula is C22H29N3O3. The van der Waals surface area contributed by atoms with E-state index < -0.39 is 5.54 Å². The van der Waals surface area contributed by atoms with Crippen LogP contribution in [-0.4, -0.2) is 34.3 Å². The molecule has 6 nitrogen and oxygen atoms in total. The molecule has 2 saturated carbocycles. The lowest BCUT2D eigenvalue weighted by Crippen LogP contribution is -2.45. The van der Waals surface area contributed by atoms with Gasteiger partial charge in [0.05, 0.1) is 11.1 Å². The number of imide groups is 1. The Hall–Kier alpha value is -2.37. The Morgan fingerprint density at radius 1 is 1.11 bits per heavy atom. The number of urea groups is 1. The maximum atomic E-state index is 12.7. The Bertz CT molecular complexity index is 842. The first-order valence-electron chi connectivity index (χ1n) is 10.3. The molecule has 2 fully saturated rings. The van der Waals surface area contributed by atoms with Gasteiger partial charge in [0.2, 0.25) is 0 Å². The SMILES string of the molecule is CC(NC(=O)Nc1ccc2c(c1)C(=O)N(C(C)(C)C)C2=O)C1CC2CCC1C2. The van der Waals surface area contributed by atoms with E-state index >= 15 is 0 Å². The summed E-state index contributed by atoms with van der Waals surface area (Å²) in [6.45, 7) is 7.58. The molecule has 4 rings (SSSR count). The standard InChI is InChI=1S/C22H29N3O3/c1-12(17-10-13-5-6-14(17)9-13)23-21(28)24-15-7-8-16-18(11-15)20(27)25(19(16)26)22(2,3)4/h7-8,11-14,17H,5-6,9-10H2,1-4H3,(H2,23,24,28). The van der Waals surface area contributed by atoms with Gasteiger partial charge in [0.15, 0.2) is 0 Å². The number of benzene rings is 1. The Morgan fingerprint density at radius 3 is 2.43 bits per heavy atom. The van der Waals surface area contributed by atoms with Crippen molar-refractivity contribution in [3.05, 3.63) is 29.3 Å². The molecule has 6 heteroatoms. The lowest BCUT2D eigenvalue weighted by molar-refractivity contribution is 0.0507. The van der Waals surface area contributed by atoms with E-state index in [1.54, 1.807) is 18.2 Å². The molecule has 1 aromatic carbocycles. The van der Waals surface area contributed by atoms with Crippen LogP contribution in [-0.2, 0) is 0 Å². The smallest absolute Gasteiger partial charge is 0.319 e. The molecule has 150 valence electrons. The number of nitrogens with one attached hydrogen (secondary N) is 2. The van der Waals surface area contributed by atoms with E-state index in [9.17, 15) is 14.4 Å². The number of amides is 4. The van der Waals surface area contributed by atoms with Crippen LogP contribution in [0.1, 0.15) is 74.1 Å². The summed E-state index contributed by atoms with van der Waals surface area (Å²) in [6.07, 6.45) is 5.15. The van der Waals surface area contributed by atoms with Gasteiger partial charge in [-0.1, -0.05) is 6.42 Å². The fraction of sp³-hybridized carbons (Fsp3) is 0.591. The minimum atomic E-state index is -0.589. The molecule has 1 aromatic rings. The molecule has 2 N–H and O–H groups in total. The van der Waals surface area contributed by atoms with E-state index in [-0.39, 0.29) is 23.9 Å². The summed E-state index contributed by atoms with van der Waals surface area (Å²) in [5.41, 5.74) is 0.669. The molecule has 4 atom stereocenters. The highest BCUT2D eigenvalue weighted by molar-refractivity contribution is 6.22. The molecule has 0 radical (unpaired) electrons. The molecule has 4 unspecified atom stereocenters. The topological polar surface area (TPSA) is 78.5 Å². The van der Waals surface area contributed by atoms with Crippen molar-refractivity contribution in [1.29, 1.82) is 0 Å². The fourth-order valence-electron chi connectivity index (χ4n) is 5.32. The number of hydrogen-bond donors (Lipinski definition) is 2. The highest BCUT2D eigenvalue weighted by atomic mass is 16.2. The lowest BCUT2D eigenvalue weighted by atomic mass is 9.84. The molecule has 0 spiro atoms. The Morgan fingerprint density at radius 2 is 1.82 bits per heavy atom. The number of carbonyl (C=O) groups is 3. The van der Waals surface area contributed by atoms with Gasteiger partial charge in [-0.25, -0.2) is 4.79 Å². The largest absolute Gasteiger partial charge is 0.335 e. The predicted molar refractivity (Wildman–Crippen MR) is 107 cm³/mol. The van der Waals surface area contributed by atoms with Crippen molar-refractivity contribution >= 4 is 23.5 Å². The van der Waals surface area contributed by atoms with Crippen molar-refractivity contribution < 1.29 is 14.4 Å². The molecular weight excluding hydrogens is 354 g/mol. The molecule has 0 saturated heterocycles. The zero-order valence-corrected chi connectivity index (χ0v) is 17.0. The van der Waals surface area contributed by atoms with E-state index in [1.807, 2.05) is 20.8 Å². The monoisotopic (exact) mass is 383 g/mol. The van der Waals surface area contributed by atoms with Crippen LogP contribution in [0, 0.1) is 17.8 Å².